The van der Waals surface area contributed by atoms with Crippen LogP contribution in [0.4, 0.5) is 5.69 Å². The number of carbonyl (C=O) groups is 1. The number of nitrogens with one attached hydrogen (secondary N) is 1. The number of benzene rings is 3. The minimum Gasteiger partial charge on any atom is -0.383 e. The zero-order valence-corrected chi connectivity index (χ0v) is 21.8. The van der Waals surface area contributed by atoms with E-state index in [4.69, 9.17) is 16.3 Å². The Balaban J connectivity index is 1.68. The van der Waals surface area contributed by atoms with Crippen molar-refractivity contribution in [2.75, 3.05) is 18.4 Å². The van der Waals surface area contributed by atoms with Crippen molar-refractivity contribution in [3.63, 3.8) is 0 Å². The highest BCUT2D eigenvalue weighted by atomic mass is 35.5. The molecule has 0 aliphatic heterocycles. The summed E-state index contributed by atoms with van der Waals surface area (Å²) in [7, 11) is -2.21. The van der Waals surface area contributed by atoms with E-state index in [0.29, 0.717) is 23.0 Å². The lowest BCUT2D eigenvalue weighted by Gasteiger charge is -2.09. The first-order valence-corrected chi connectivity index (χ1v) is 13.4. The predicted molar refractivity (Wildman–Crippen MR) is 140 cm³/mol. The molecule has 10 heteroatoms. The number of sulfonamides is 1. The van der Waals surface area contributed by atoms with E-state index in [1.165, 1.54) is 41.7 Å². The van der Waals surface area contributed by atoms with Crippen LogP contribution in [0.1, 0.15) is 21.5 Å². The van der Waals surface area contributed by atoms with E-state index in [1.54, 1.807) is 25.3 Å². The Kier molecular flexibility index (Phi) is 7.42. The third kappa shape index (κ3) is 5.65. The highest BCUT2D eigenvalue weighted by molar-refractivity contribution is 7.92. The first-order chi connectivity index (χ1) is 16.7. The molecule has 0 atom stereocenters. The van der Waals surface area contributed by atoms with Gasteiger partial charge in [-0.2, -0.15) is 4.99 Å². The number of thiazole rings is 1. The molecule has 0 saturated carbocycles. The molecule has 0 bridgehead atoms. The van der Waals surface area contributed by atoms with Crippen LogP contribution < -0.4 is 9.52 Å². The topological polar surface area (TPSA) is 89.8 Å². The fourth-order valence-electron chi connectivity index (χ4n) is 3.50. The zero-order chi connectivity index (χ0) is 25.2. The Bertz CT molecular complexity index is 1570. The maximum Gasteiger partial charge on any atom is 0.279 e. The van der Waals surface area contributed by atoms with Gasteiger partial charge < -0.3 is 9.30 Å². The number of carbonyl (C=O) groups excluding carboxylic acids is 1. The number of amides is 1. The molecule has 0 aliphatic rings. The molecule has 4 aromatic rings. The van der Waals surface area contributed by atoms with Gasteiger partial charge in [0.1, 0.15) is 0 Å². The summed E-state index contributed by atoms with van der Waals surface area (Å²) < 4.78 is 36.2. The molecule has 1 N–H and O–H groups in total. The third-order valence-corrected chi connectivity index (χ3v) is 8.19. The number of aryl methyl sites for hydroxylation is 2. The van der Waals surface area contributed by atoms with Gasteiger partial charge in [-0.3, -0.25) is 9.52 Å². The number of nitrogens with zero attached hydrogens (tertiary/aromatic N) is 2. The summed E-state index contributed by atoms with van der Waals surface area (Å²) in [6.45, 7) is 5.12. The minimum absolute atomic E-state index is 0.0679. The van der Waals surface area contributed by atoms with Crippen molar-refractivity contribution < 1.29 is 17.9 Å². The van der Waals surface area contributed by atoms with E-state index in [0.717, 1.165) is 21.3 Å². The molecule has 0 spiro atoms. The molecule has 182 valence electrons. The van der Waals surface area contributed by atoms with Crippen LogP contribution in [0.3, 0.4) is 0 Å². The number of aromatic nitrogens is 1. The molecule has 0 aliphatic carbocycles. The van der Waals surface area contributed by atoms with Crippen molar-refractivity contribution in [2.45, 2.75) is 25.3 Å². The van der Waals surface area contributed by atoms with E-state index >= 15 is 0 Å². The molecule has 4 rings (SSSR count). The zero-order valence-electron chi connectivity index (χ0n) is 19.4. The second-order valence-electron chi connectivity index (χ2n) is 7.99. The fraction of sp³-hybridized carbons (Fsp3) is 0.200. The molecule has 0 unspecified atom stereocenters. The predicted octanol–water partition coefficient (Wildman–Crippen LogP) is 5.16. The van der Waals surface area contributed by atoms with Gasteiger partial charge in [-0.15, -0.1) is 0 Å². The SMILES string of the molecule is COCCn1c(=NC(=O)c2cccc(NS(=O)(=O)c3ccc(Cl)cc3)c2)sc2cc(C)c(C)cc21. The van der Waals surface area contributed by atoms with Crippen molar-refractivity contribution in [1.82, 2.24) is 4.57 Å². The summed E-state index contributed by atoms with van der Waals surface area (Å²) in [5.41, 5.74) is 3.84. The second kappa shape index (κ2) is 10.3. The fourth-order valence-corrected chi connectivity index (χ4v) is 5.81. The maximum absolute atomic E-state index is 13.1. The third-order valence-electron chi connectivity index (χ3n) is 5.50. The minimum atomic E-state index is -3.84. The number of rotatable bonds is 7. The van der Waals surface area contributed by atoms with Gasteiger partial charge in [0, 0.05) is 29.9 Å². The van der Waals surface area contributed by atoms with E-state index in [-0.39, 0.29) is 16.1 Å². The number of ether oxygens (including phenoxy) is 1. The first kappa shape index (κ1) is 25.1. The summed E-state index contributed by atoms with van der Waals surface area (Å²) in [5, 5.41) is 0.437. The van der Waals surface area contributed by atoms with Crippen LogP contribution in [0.25, 0.3) is 10.2 Å². The number of methoxy groups -OCH3 is 1. The van der Waals surface area contributed by atoms with E-state index in [1.807, 2.05) is 18.4 Å². The van der Waals surface area contributed by atoms with Crippen molar-refractivity contribution in [1.29, 1.82) is 0 Å². The van der Waals surface area contributed by atoms with Gasteiger partial charge in [-0.25, -0.2) is 8.42 Å². The van der Waals surface area contributed by atoms with Gasteiger partial charge >= 0.3 is 0 Å². The molecule has 0 fully saturated rings. The lowest BCUT2D eigenvalue weighted by atomic mass is 10.1. The molecule has 35 heavy (non-hydrogen) atoms. The van der Waals surface area contributed by atoms with Crippen molar-refractivity contribution >= 4 is 54.8 Å². The Morgan fingerprint density at radius 2 is 1.80 bits per heavy atom. The summed E-state index contributed by atoms with van der Waals surface area (Å²) in [4.78, 5) is 18.1. The van der Waals surface area contributed by atoms with Crippen LogP contribution in [0.5, 0.6) is 0 Å². The molecule has 1 aromatic heterocycles. The van der Waals surface area contributed by atoms with E-state index < -0.39 is 15.9 Å². The van der Waals surface area contributed by atoms with Gasteiger partial charge in [0.2, 0.25) is 0 Å². The Morgan fingerprint density at radius 1 is 1.09 bits per heavy atom. The number of fused-ring (bicyclic) bond motifs is 1. The molecule has 0 saturated heterocycles. The van der Waals surface area contributed by atoms with E-state index in [2.05, 4.69) is 21.8 Å². The quantitative estimate of drug-likeness (QED) is 0.358. The molecule has 3 aromatic carbocycles. The number of hydrogen-bond donors (Lipinski definition) is 1. The average molecular weight is 530 g/mol. The van der Waals surface area contributed by atoms with Crippen LogP contribution in [0, 0.1) is 13.8 Å². The number of anilines is 1. The highest BCUT2D eigenvalue weighted by Gasteiger charge is 2.16. The van der Waals surface area contributed by atoms with Crippen molar-refractivity contribution in [2.24, 2.45) is 4.99 Å². The van der Waals surface area contributed by atoms with Crippen LogP contribution in [-0.2, 0) is 21.3 Å². The van der Waals surface area contributed by atoms with Gasteiger partial charge in [0.25, 0.3) is 15.9 Å². The highest BCUT2D eigenvalue weighted by Crippen LogP contribution is 2.23. The number of hydrogen-bond acceptors (Lipinski definition) is 5. The molecule has 1 heterocycles. The largest absolute Gasteiger partial charge is 0.383 e. The van der Waals surface area contributed by atoms with Gasteiger partial charge in [-0.05, 0) is 79.6 Å². The van der Waals surface area contributed by atoms with Gasteiger partial charge in [-0.1, -0.05) is 29.0 Å². The van der Waals surface area contributed by atoms with Crippen LogP contribution in [0.2, 0.25) is 5.02 Å². The van der Waals surface area contributed by atoms with Crippen molar-refractivity contribution in [3.8, 4) is 0 Å². The monoisotopic (exact) mass is 529 g/mol. The lowest BCUT2D eigenvalue weighted by molar-refractivity contribution is 0.0997. The van der Waals surface area contributed by atoms with Gasteiger partial charge in [0.15, 0.2) is 4.80 Å². The summed E-state index contributed by atoms with van der Waals surface area (Å²) in [5.74, 6) is -0.469. The van der Waals surface area contributed by atoms with Crippen LogP contribution >= 0.6 is 22.9 Å². The lowest BCUT2D eigenvalue weighted by Crippen LogP contribution is -2.19. The first-order valence-electron chi connectivity index (χ1n) is 10.7. The van der Waals surface area contributed by atoms with Crippen LogP contribution in [0.15, 0.2) is 70.6 Å². The summed E-state index contributed by atoms with van der Waals surface area (Å²) in [6.07, 6.45) is 0. The van der Waals surface area contributed by atoms with Crippen LogP contribution in [-0.4, -0.2) is 32.6 Å². The normalized spacial score (nSPS) is 12.3. The Morgan fingerprint density at radius 3 is 2.51 bits per heavy atom. The summed E-state index contributed by atoms with van der Waals surface area (Å²) >= 11 is 7.28. The van der Waals surface area contributed by atoms with Gasteiger partial charge in [0.05, 0.1) is 21.7 Å². The molecular formula is C25H24ClN3O4S2. The summed E-state index contributed by atoms with van der Waals surface area (Å²) in [6, 6.07) is 16.3. The molecular weight excluding hydrogens is 506 g/mol. The maximum atomic E-state index is 13.1. The molecule has 7 nitrogen and oxygen atoms in total. The second-order valence-corrected chi connectivity index (χ2v) is 11.1. The Labute approximate surface area is 212 Å². The molecule has 1 amide bonds. The standard InChI is InChI=1S/C25H24ClN3O4S2/c1-16-13-22-23(14-17(16)2)34-25(29(22)11-12-33-3)27-24(30)18-5-4-6-20(15-18)28-35(31,32)21-9-7-19(26)8-10-21/h4-10,13-15,28H,11-12H2,1-3H3. The average Bonchev–Trinajstić information content (AvgIpc) is 3.13. The van der Waals surface area contributed by atoms with E-state index in [9.17, 15) is 13.2 Å². The molecule has 0 radical (unpaired) electrons. The van der Waals surface area contributed by atoms with Crippen molar-refractivity contribution in [3.05, 3.63) is 87.2 Å². The smallest absolute Gasteiger partial charge is 0.279 e. The Hall–Kier alpha value is -2.98. The number of halogens is 1.